The molecule has 2 fully saturated rings. The van der Waals surface area contributed by atoms with Crippen LogP contribution in [0.1, 0.15) is 19.3 Å². The van der Waals surface area contributed by atoms with E-state index in [1.165, 1.54) is 17.8 Å². The van der Waals surface area contributed by atoms with Crippen molar-refractivity contribution in [2.75, 3.05) is 4.90 Å². The highest BCUT2D eigenvalue weighted by Crippen LogP contribution is 2.45. The SMILES string of the molecule is C=CC(=O)NC1CC[C@H](NC(=O)C2=C3NC(=O)N(c4ccc(Oc5ccccc5)cc4)C4C=CN=C(S2)C34)C1. The average molecular weight is 542 g/mol. The fourth-order valence-electron chi connectivity index (χ4n) is 5.42. The van der Waals surface area contributed by atoms with Gasteiger partial charge >= 0.3 is 6.03 Å². The number of benzene rings is 2. The van der Waals surface area contributed by atoms with Gasteiger partial charge in [-0.25, -0.2) is 4.79 Å². The minimum Gasteiger partial charge on any atom is -0.457 e. The monoisotopic (exact) mass is 541 g/mol. The van der Waals surface area contributed by atoms with E-state index in [1.54, 1.807) is 11.1 Å². The quantitative estimate of drug-likeness (QED) is 0.455. The molecule has 3 N–H and O–H groups in total. The highest BCUT2D eigenvalue weighted by Gasteiger charge is 2.49. The van der Waals surface area contributed by atoms with E-state index < -0.39 is 0 Å². The van der Waals surface area contributed by atoms with E-state index >= 15 is 0 Å². The number of rotatable bonds is 7. The van der Waals surface area contributed by atoms with Crippen LogP contribution in [0.5, 0.6) is 11.5 Å². The number of thioether (sulfide) groups is 1. The average Bonchev–Trinajstić information content (AvgIpc) is 3.55. The molecular weight excluding hydrogens is 514 g/mol. The van der Waals surface area contributed by atoms with E-state index in [2.05, 4.69) is 27.5 Å². The first kappa shape index (κ1) is 25.0. The fourth-order valence-corrected chi connectivity index (χ4v) is 6.57. The number of hydrogen-bond acceptors (Lipinski definition) is 6. The van der Waals surface area contributed by atoms with Crippen LogP contribution in [0.3, 0.4) is 0 Å². The lowest BCUT2D eigenvalue weighted by Crippen LogP contribution is -2.57. The van der Waals surface area contributed by atoms with E-state index in [4.69, 9.17) is 4.74 Å². The molecule has 9 nitrogen and oxygen atoms in total. The predicted octanol–water partition coefficient (Wildman–Crippen LogP) is 4.22. The maximum Gasteiger partial charge on any atom is 0.326 e. The molecule has 0 bridgehead atoms. The second-order valence-electron chi connectivity index (χ2n) is 9.72. The number of hydrogen-bond donors (Lipinski definition) is 3. The van der Waals surface area contributed by atoms with Gasteiger partial charge in [-0.05, 0) is 67.8 Å². The highest BCUT2D eigenvalue weighted by atomic mass is 32.2. The molecule has 2 aromatic carbocycles. The molecule has 1 saturated heterocycles. The van der Waals surface area contributed by atoms with E-state index in [1.807, 2.05) is 60.7 Å². The summed E-state index contributed by atoms with van der Waals surface area (Å²) in [5.74, 6) is 0.703. The predicted molar refractivity (Wildman–Crippen MR) is 150 cm³/mol. The van der Waals surface area contributed by atoms with Crippen LogP contribution in [-0.4, -0.2) is 41.0 Å². The molecule has 6 rings (SSSR count). The van der Waals surface area contributed by atoms with Gasteiger partial charge < -0.3 is 20.7 Å². The van der Waals surface area contributed by atoms with Crippen molar-refractivity contribution in [2.24, 2.45) is 10.9 Å². The Morgan fingerprint density at radius 3 is 2.51 bits per heavy atom. The normalized spacial score (nSPS) is 25.0. The standard InChI is InChI=1S/C29H27N5O4S/c1-2-23(35)31-17-8-9-18(16-17)32-27(36)26-25-24-22(14-15-30-28(24)39-26)34(29(37)33-25)19-10-12-21(13-11-19)38-20-6-4-3-5-7-20/h2-7,10-15,17-18,22,24H,1,8-9,16H2,(H,31,35)(H,32,36)(H,33,37)/t17?,18-,22?,24?/m0/s1. The van der Waals surface area contributed by atoms with Crippen LogP contribution in [0.25, 0.3) is 0 Å². The van der Waals surface area contributed by atoms with Crippen molar-refractivity contribution < 1.29 is 19.1 Å². The summed E-state index contributed by atoms with van der Waals surface area (Å²) in [7, 11) is 0. The second kappa shape index (κ2) is 10.5. The third-order valence-electron chi connectivity index (χ3n) is 7.21. The van der Waals surface area contributed by atoms with E-state index in [-0.39, 0.29) is 41.9 Å². The molecule has 0 aromatic heterocycles. The molecule has 3 unspecified atom stereocenters. The molecule has 2 aromatic rings. The molecule has 4 atom stereocenters. The number of para-hydroxylation sites is 1. The van der Waals surface area contributed by atoms with Crippen LogP contribution in [0.2, 0.25) is 0 Å². The number of nitrogens with one attached hydrogen (secondary N) is 3. The van der Waals surface area contributed by atoms with Crippen molar-refractivity contribution in [3.05, 3.63) is 90.1 Å². The Labute approximate surface area is 230 Å². The molecule has 0 spiro atoms. The zero-order valence-corrected chi connectivity index (χ0v) is 21.8. The first-order valence-corrected chi connectivity index (χ1v) is 13.6. The first-order chi connectivity index (χ1) is 19.0. The Bertz CT molecular complexity index is 1420. The van der Waals surface area contributed by atoms with Gasteiger partial charge in [0.15, 0.2) is 0 Å². The van der Waals surface area contributed by atoms with Gasteiger partial charge in [0.1, 0.15) is 11.5 Å². The van der Waals surface area contributed by atoms with E-state index in [0.29, 0.717) is 28.5 Å². The molecule has 3 aliphatic heterocycles. The number of carbonyl (C=O) groups is 3. The van der Waals surface area contributed by atoms with Gasteiger partial charge in [-0.1, -0.05) is 36.5 Å². The summed E-state index contributed by atoms with van der Waals surface area (Å²) < 4.78 is 5.89. The molecule has 4 amide bonds. The summed E-state index contributed by atoms with van der Waals surface area (Å²) in [5, 5.41) is 9.74. The molecule has 39 heavy (non-hydrogen) atoms. The molecule has 198 valence electrons. The largest absolute Gasteiger partial charge is 0.457 e. The van der Waals surface area contributed by atoms with Gasteiger partial charge in [0.2, 0.25) is 5.91 Å². The van der Waals surface area contributed by atoms with Crippen LogP contribution < -0.4 is 25.6 Å². The number of ether oxygens (including phenoxy) is 1. The Morgan fingerprint density at radius 2 is 1.77 bits per heavy atom. The molecule has 3 heterocycles. The minimum atomic E-state index is -0.315. The summed E-state index contributed by atoms with van der Waals surface area (Å²) in [6.07, 6.45) is 7.04. The number of anilines is 1. The third kappa shape index (κ3) is 4.95. The zero-order chi connectivity index (χ0) is 26.9. The van der Waals surface area contributed by atoms with Crippen molar-refractivity contribution in [2.45, 2.75) is 37.4 Å². The van der Waals surface area contributed by atoms with Crippen LogP contribution in [0, 0.1) is 5.92 Å². The Balaban J connectivity index is 1.18. The summed E-state index contributed by atoms with van der Waals surface area (Å²) in [4.78, 5) is 45.0. The summed E-state index contributed by atoms with van der Waals surface area (Å²) in [6, 6.07) is 16.2. The van der Waals surface area contributed by atoms with Crippen molar-refractivity contribution in [3.8, 4) is 11.5 Å². The van der Waals surface area contributed by atoms with Crippen LogP contribution in [0.4, 0.5) is 10.5 Å². The molecular formula is C29H27N5O4S. The first-order valence-electron chi connectivity index (χ1n) is 12.8. The lowest BCUT2D eigenvalue weighted by Gasteiger charge is -2.40. The highest BCUT2D eigenvalue weighted by molar-refractivity contribution is 8.18. The number of urea groups is 1. The van der Waals surface area contributed by atoms with Gasteiger partial charge in [-0.15, -0.1) is 0 Å². The van der Waals surface area contributed by atoms with Gasteiger partial charge in [0, 0.05) is 24.0 Å². The van der Waals surface area contributed by atoms with E-state index in [0.717, 1.165) is 23.6 Å². The lowest BCUT2D eigenvalue weighted by molar-refractivity contribution is -0.117. The maximum atomic E-state index is 13.4. The number of amides is 4. The Hall–Kier alpha value is -4.31. The minimum absolute atomic E-state index is 0.00245. The summed E-state index contributed by atoms with van der Waals surface area (Å²) in [5.41, 5.74) is 1.30. The third-order valence-corrected chi connectivity index (χ3v) is 8.39. The summed E-state index contributed by atoms with van der Waals surface area (Å²) in [6.45, 7) is 3.49. The van der Waals surface area contributed by atoms with Crippen LogP contribution >= 0.6 is 11.8 Å². The molecule has 1 saturated carbocycles. The van der Waals surface area contributed by atoms with Crippen molar-refractivity contribution in [1.82, 2.24) is 16.0 Å². The van der Waals surface area contributed by atoms with Crippen molar-refractivity contribution in [1.29, 1.82) is 0 Å². The Morgan fingerprint density at radius 1 is 1.05 bits per heavy atom. The van der Waals surface area contributed by atoms with Crippen molar-refractivity contribution >= 4 is 40.3 Å². The molecule has 0 radical (unpaired) electrons. The number of aliphatic imine (C=N–C) groups is 1. The Kier molecular flexibility index (Phi) is 6.70. The van der Waals surface area contributed by atoms with Gasteiger partial charge in [0.25, 0.3) is 5.91 Å². The molecule has 4 aliphatic rings. The smallest absolute Gasteiger partial charge is 0.326 e. The molecule has 1 aliphatic carbocycles. The lowest BCUT2D eigenvalue weighted by atomic mass is 9.91. The maximum absolute atomic E-state index is 13.4. The van der Waals surface area contributed by atoms with Crippen LogP contribution in [-0.2, 0) is 9.59 Å². The second-order valence-corrected chi connectivity index (χ2v) is 10.8. The summed E-state index contributed by atoms with van der Waals surface area (Å²) >= 11 is 1.30. The van der Waals surface area contributed by atoms with Gasteiger partial charge in [-0.2, -0.15) is 0 Å². The van der Waals surface area contributed by atoms with Crippen molar-refractivity contribution in [3.63, 3.8) is 0 Å². The topological polar surface area (TPSA) is 112 Å². The molecule has 10 heteroatoms. The van der Waals surface area contributed by atoms with Gasteiger partial charge in [0.05, 0.1) is 27.6 Å². The van der Waals surface area contributed by atoms with Gasteiger partial charge in [-0.3, -0.25) is 19.5 Å². The fraction of sp³-hybridized carbons (Fsp3) is 0.241. The number of carbonyl (C=O) groups excluding carboxylic acids is 3. The zero-order valence-electron chi connectivity index (χ0n) is 21.0. The van der Waals surface area contributed by atoms with Crippen LogP contribution in [0.15, 0.2) is 95.1 Å². The van der Waals surface area contributed by atoms with E-state index in [9.17, 15) is 14.4 Å². The number of nitrogens with zero attached hydrogens (tertiary/aromatic N) is 2.